The zero-order valence-corrected chi connectivity index (χ0v) is 13.9. The molecule has 0 aliphatic heterocycles. The van der Waals surface area contributed by atoms with Gasteiger partial charge in [-0.05, 0) is 13.3 Å². The van der Waals surface area contributed by atoms with Gasteiger partial charge in [0.05, 0.1) is 28.9 Å². The molecule has 0 radical (unpaired) electrons. The maximum Gasteiger partial charge on any atom is 0.0918 e. The lowest BCUT2D eigenvalue weighted by Gasteiger charge is -2.22. The van der Waals surface area contributed by atoms with E-state index in [1.165, 1.54) is 0 Å². The standard InChI is InChI=1S/C14H26ClN5O/c1-4-11-14(15)12(20(5-2)18-11)10-19(8-9-21-3)7-6-13(16)17/h4-10H2,1-3H3,(H3,16,17). The lowest BCUT2D eigenvalue weighted by atomic mass is 10.2. The first-order chi connectivity index (χ1) is 10.0. The molecule has 120 valence electrons. The van der Waals surface area contributed by atoms with Crippen LogP contribution in [0.1, 0.15) is 31.7 Å². The van der Waals surface area contributed by atoms with Crippen molar-refractivity contribution < 1.29 is 4.74 Å². The molecule has 0 aliphatic carbocycles. The summed E-state index contributed by atoms with van der Waals surface area (Å²) in [6.07, 6.45) is 1.37. The van der Waals surface area contributed by atoms with Crippen LogP contribution < -0.4 is 5.73 Å². The summed E-state index contributed by atoms with van der Waals surface area (Å²) in [6, 6.07) is 0. The van der Waals surface area contributed by atoms with E-state index in [0.29, 0.717) is 26.1 Å². The number of nitrogens with two attached hydrogens (primary N) is 1. The van der Waals surface area contributed by atoms with Crippen molar-refractivity contribution in [3.05, 3.63) is 16.4 Å². The van der Waals surface area contributed by atoms with Crippen molar-refractivity contribution in [2.45, 2.75) is 39.8 Å². The third kappa shape index (κ3) is 5.30. The van der Waals surface area contributed by atoms with Crippen LogP contribution in [0.25, 0.3) is 0 Å². The van der Waals surface area contributed by atoms with E-state index in [9.17, 15) is 0 Å². The van der Waals surface area contributed by atoms with Gasteiger partial charge in [-0.2, -0.15) is 5.10 Å². The number of hydrogen-bond donors (Lipinski definition) is 2. The Morgan fingerprint density at radius 2 is 2.14 bits per heavy atom. The average molecular weight is 316 g/mol. The van der Waals surface area contributed by atoms with Crippen molar-refractivity contribution in [1.82, 2.24) is 14.7 Å². The van der Waals surface area contributed by atoms with Crippen LogP contribution in [0, 0.1) is 5.41 Å². The maximum absolute atomic E-state index is 7.38. The molecule has 0 amide bonds. The predicted molar refractivity (Wildman–Crippen MR) is 86.0 cm³/mol. The molecule has 1 aromatic heterocycles. The van der Waals surface area contributed by atoms with Gasteiger partial charge in [-0.1, -0.05) is 18.5 Å². The molecule has 3 N–H and O–H groups in total. The van der Waals surface area contributed by atoms with Crippen molar-refractivity contribution in [1.29, 1.82) is 5.41 Å². The summed E-state index contributed by atoms with van der Waals surface area (Å²) in [7, 11) is 1.68. The number of ether oxygens (including phenoxy) is 1. The van der Waals surface area contributed by atoms with Crippen molar-refractivity contribution >= 4 is 17.4 Å². The molecule has 0 saturated carbocycles. The van der Waals surface area contributed by atoms with Crippen LogP contribution in [0.15, 0.2) is 0 Å². The Hall–Kier alpha value is -1.11. The highest BCUT2D eigenvalue weighted by atomic mass is 35.5. The minimum Gasteiger partial charge on any atom is -0.388 e. The molecule has 0 bridgehead atoms. The van der Waals surface area contributed by atoms with Crippen LogP contribution in [0.4, 0.5) is 0 Å². The van der Waals surface area contributed by atoms with Gasteiger partial charge in [0, 0.05) is 39.7 Å². The third-order valence-corrected chi connectivity index (χ3v) is 3.81. The number of methoxy groups -OCH3 is 1. The van der Waals surface area contributed by atoms with Gasteiger partial charge in [0.1, 0.15) is 0 Å². The summed E-state index contributed by atoms with van der Waals surface area (Å²) in [4.78, 5) is 2.19. The van der Waals surface area contributed by atoms with Crippen molar-refractivity contribution in [3.8, 4) is 0 Å². The van der Waals surface area contributed by atoms with E-state index in [1.807, 2.05) is 4.68 Å². The molecule has 1 aromatic rings. The van der Waals surface area contributed by atoms with E-state index in [-0.39, 0.29) is 5.84 Å². The number of halogens is 1. The number of nitrogens with one attached hydrogen (secondary N) is 1. The van der Waals surface area contributed by atoms with E-state index in [4.69, 9.17) is 27.5 Å². The van der Waals surface area contributed by atoms with Crippen LogP contribution in [0.3, 0.4) is 0 Å². The second-order valence-corrected chi connectivity index (χ2v) is 5.30. The first kappa shape index (κ1) is 17.9. The largest absolute Gasteiger partial charge is 0.388 e. The lowest BCUT2D eigenvalue weighted by molar-refractivity contribution is 0.144. The molecule has 1 rings (SSSR count). The molecular formula is C14H26ClN5O. The molecule has 0 atom stereocenters. The van der Waals surface area contributed by atoms with E-state index < -0.39 is 0 Å². The van der Waals surface area contributed by atoms with Crippen LogP contribution in [0.2, 0.25) is 5.02 Å². The molecule has 0 spiro atoms. The van der Waals surface area contributed by atoms with Gasteiger partial charge >= 0.3 is 0 Å². The topological polar surface area (TPSA) is 80.2 Å². The molecule has 0 aliphatic rings. The minimum atomic E-state index is 0.196. The van der Waals surface area contributed by atoms with Gasteiger partial charge in [0.15, 0.2) is 0 Å². The number of nitrogens with zero attached hydrogens (tertiary/aromatic N) is 3. The Kier molecular flexibility index (Phi) is 7.71. The first-order valence-corrected chi connectivity index (χ1v) is 7.69. The van der Waals surface area contributed by atoms with Crippen molar-refractivity contribution in [2.75, 3.05) is 26.8 Å². The van der Waals surface area contributed by atoms with Gasteiger partial charge in [-0.15, -0.1) is 0 Å². The monoisotopic (exact) mass is 315 g/mol. The second-order valence-electron chi connectivity index (χ2n) is 4.92. The summed E-state index contributed by atoms with van der Waals surface area (Å²) < 4.78 is 7.10. The molecule has 21 heavy (non-hydrogen) atoms. The van der Waals surface area contributed by atoms with E-state index in [2.05, 4.69) is 23.8 Å². The lowest BCUT2D eigenvalue weighted by Crippen LogP contribution is -2.31. The van der Waals surface area contributed by atoms with E-state index in [0.717, 1.165) is 35.9 Å². The van der Waals surface area contributed by atoms with E-state index >= 15 is 0 Å². The maximum atomic E-state index is 7.38. The van der Waals surface area contributed by atoms with Crippen LogP contribution >= 0.6 is 11.6 Å². The van der Waals surface area contributed by atoms with E-state index in [1.54, 1.807) is 7.11 Å². The molecule has 7 heteroatoms. The van der Waals surface area contributed by atoms with Gasteiger partial charge in [-0.25, -0.2) is 0 Å². The summed E-state index contributed by atoms with van der Waals surface area (Å²) in [5.41, 5.74) is 7.42. The van der Waals surface area contributed by atoms with Gasteiger partial charge in [0.2, 0.25) is 0 Å². The van der Waals surface area contributed by atoms with Crippen LogP contribution in [-0.2, 0) is 24.2 Å². The van der Waals surface area contributed by atoms with Gasteiger partial charge < -0.3 is 10.5 Å². The molecule has 0 aromatic carbocycles. The zero-order chi connectivity index (χ0) is 15.8. The highest BCUT2D eigenvalue weighted by Gasteiger charge is 2.17. The molecule has 1 heterocycles. The molecular weight excluding hydrogens is 290 g/mol. The zero-order valence-electron chi connectivity index (χ0n) is 13.2. The number of amidine groups is 1. The Morgan fingerprint density at radius 1 is 1.43 bits per heavy atom. The Balaban J connectivity index is 2.85. The molecule has 6 nitrogen and oxygen atoms in total. The van der Waals surface area contributed by atoms with Crippen molar-refractivity contribution in [2.24, 2.45) is 5.73 Å². The molecule has 0 unspecified atom stereocenters. The van der Waals surface area contributed by atoms with Crippen LogP contribution in [0.5, 0.6) is 0 Å². The number of aryl methyl sites for hydroxylation is 2. The Morgan fingerprint density at radius 3 is 2.67 bits per heavy atom. The fourth-order valence-electron chi connectivity index (χ4n) is 2.15. The SMILES string of the molecule is CCc1nn(CC)c(CN(CCOC)CCC(=N)N)c1Cl. The highest BCUT2D eigenvalue weighted by Crippen LogP contribution is 2.23. The minimum absolute atomic E-state index is 0.196. The molecule has 0 saturated heterocycles. The summed E-state index contributed by atoms with van der Waals surface area (Å²) in [5.74, 6) is 0.196. The highest BCUT2D eigenvalue weighted by molar-refractivity contribution is 6.31. The predicted octanol–water partition coefficient (Wildman–Crippen LogP) is 1.89. The molecule has 0 fully saturated rings. The fourth-order valence-corrected chi connectivity index (χ4v) is 2.48. The smallest absolute Gasteiger partial charge is 0.0918 e. The van der Waals surface area contributed by atoms with Gasteiger partial charge in [-0.3, -0.25) is 15.0 Å². The number of hydrogen-bond acceptors (Lipinski definition) is 4. The second kappa shape index (κ2) is 9.02. The average Bonchev–Trinajstić information content (AvgIpc) is 2.77. The number of aromatic nitrogens is 2. The summed E-state index contributed by atoms with van der Waals surface area (Å²) in [5, 5.41) is 12.7. The summed E-state index contributed by atoms with van der Waals surface area (Å²) in [6.45, 7) is 7.71. The normalized spacial score (nSPS) is 11.3. The Labute approximate surface area is 131 Å². The fraction of sp³-hybridized carbons (Fsp3) is 0.714. The van der Waals surface area contributed by atoms with Crippen molar-refractivity contribution in [3.63, 3.8) is 0 Å². The van der Waals surface area contributed by atoms with Crippen LogP contribution in [-0.4, -0.2) is 47.3 Å². The quantitative estimate of drug-likeness (QED) is 0.510. The Bertz CT molecular complexity index is 460. The first-order valence-electron chi connectivity index (χ1n) is 7.31. The number of rotatable bonds is 10. The van der Waals surface area contributed by atoms with Gasteiger partial charge in [0.25, 0.3) is 0 Å². The summed E-state index contributed by atoms with van der Waals surface area (Å²) >= 11 is 6.44. The third-order valence-electron chi connectivity index (χ3n) is 3.38.